The molecule has 1 heterocycles. The Hall–Kier alpha value is -0.160. The van der Waals surface area contributed by atoms with E-state index in [-0.39, 0.29) is 0 Å². The second-order valence-electron chi connectivity index (χ2n) is 4.66. The summed E-state index contributed by atoms with van der Waals surface area (Å²) in [4.78, 5) is 2.50. The van der Waals surface area contributed by atoms with Gasteiger partial charge in [-0.05, 0) is 17.5 Å². The normalized spacial score (nSPS) is 16.7. The maximum atomic E-state index is 5.36. The Bertz CT molecular complexity index is 367. The summed E-state index contributed by atoms with van der Waals surface area (Å²) < 4.78 is 5.36. The van der Waals surface area contributed by atoms with E-state index in [1.54, 1.807) is 0 Å². The van der Waals surface area contributed by atoms with Crippen molar-refractivity contribution in [3.05, 3.63) is 35.4 Å². The Labute approximate surface area is 124 Å². The quantitative estimate of drug-likeness (QED) is 0.564. The molecule has 1 saturated heterocycles. The standard InChI is InChI=1S/C15H23NOS2/c1-2-14-5-3-4-6-15(14)13-19-18-12-9-16-7-10-17-11-8-16/h3-6H,2,7-13H2,1H3. The first-order valence-corrected chi connectivity index (χ1v) is 9.50. The van der Waals surface area contributed by atoms with Gasteiger partial charge >= 0.3 is 0 Å². The third kappa shape index (κ3) is 5.38. The van der Waals surface area contributed by atoms with Crippen molar-refractivity contribution in [2.45, 2.75) is 19.1 Å². The summed E-state index contributed by atoms with van der Waals surface area (Å²) in [6.07, 6.45) is 1.13. The number of hydrogen-bond donors (Lipinski definition) is 0. The minimum Gasteiger partial charge on any atom is -0.379 e. The highest BCUT2D eigenvalue weighted by molar-refractivity contribution is 8.76. The second kappa shape index (κ2) is 8.90. The zero-order valence-electron chi connectivity index (χ0n) is 11.6. The SMILES string of the molecule is CCc1ccccc1CSSCCN1CCOCC1. The number of hydrogen-bond acceptors (Lipinski definition) is 4. The van der Waals surface area contributed by atoms with Crippen LogP contribution in [0.4, 0.5) is 0 Å². The van der Waals surface area contributed by atoms with Crippen molar-refractivity contribution in [1.82, 2.24) is 4.90 Å². The lowest BCUT2D eigenvalue weighted by Crippen LogP contribution is -2.37. The third-order valence-corrected chi connectivity index (χ3v) is 5.69. The fourth-order valence-corrected chi connectivity index (χ4v) is 4.35. The van der Waals surface area contributed by atoms with Crippen molar-refractivity contribution in [2.75, 3.05) is 38.6 Å². The number of nitrogens with zero attached hydrogens (tertiary/aromatic N) is 1. The molecule has 19 heavy (non-hydrogen) atoms. The number of rotatable bonds is 7. The van der Waals surface area contributed by atoms with Crippen LogP contribution in [0.1, 0.15) is 18.1 Å². The highest BCUT2D eigenvalue weighted by Crippen LogP contribution is 2.27. The number of benzene rings is 1. The molecule has 0 atom stereocenters. The molecule has 0 N–H and O–H groups in total. The summed E-state index contributed by atoms with van der Waals surface area (Å²) in [5.74, 6) is 2.33. The molecule has 1 aromatic carbocycles. The smallest absolute Gasteiger partial charge is 0.0594 e. The predicted molar refractivity (Wildman–Crippen MR) is 86.8 cm³/mol. The van der Waals surface area contributed by atoms with E-state index in [9.17, 15) is 0 Å². The third-order valence-electron chi connectivity index (χ3n) is 3.39. The van der Waals surface area contributed by atoms with Gasteiger partial charge in [0.05, 0.1) is 13.2 Å². The van der Waals surface area contributed by atoms with Gasteiger partial charge in [-0.25, -0.2) is 0 Å². The van der Waals surface area contributed by atoms with E-state index in [0.717, 1.165) is 38.5 Å². The van der Waals surface area contributed by atoms with Crippen LogP contribution in [-0.2, 0) is 16.9 Å². The molecule has 0 bridgehead atoms. The summed E-state index contributed by atoms with van der Waals surface area (Å²) in [6, 6.07) is 8.79. The summed E-state index contributed by atoms with van der Waals surface area (Å²) in [7, 11) is 3.98. The monoisotopic (exact) mass is 297 g/mol. The van der Waals surface area contributed by atoms with Crippen molar-refractivity contribution >= 4 is 21.6 Å². The van der Waals surface area contributed by atoms with Crippen LogP contribution in [0, 0.1) is 0 Å². The van der Waals surface area contributed by atoms with Crippen molar-refractivity contribution < 1.29 is 4.74 Å². The first-order valence-electron chi connectivity index (χ1n) is 7.01. The lowest BCUT2D eigenvalue weighted by molar-refractivity contribution is 0.0410. The molecule has 106 valence electrons. The van der Waals surface area contributed by atoms with Crippen molar-refractivity contribution in [1.29, 1.82) is 0 Å². The molecule has 0 amide bonds. The molecule has 2 rings (SSSR count). The molecule has 0 aliphatic carbocycles. The summed E-state index contributed by atoms with van der Waals surface area (Å²) >= 11 is 0. The topological polar surface area (TPSA) is 12.5 Å². The van der Waals surface area contributed by atoms with Crippen LogP contribution in [0.15, 0.2) is 24.3 Å². The molecular formula is C15H23NOS2. The van der Waals surface area contributed by atoms with Gasteiger partial charge in [-0.3, -0.25) is 4.90 Å². The Morgan fingerprint density at radius 1 is 1.11 bits per heavy atom. The highest BCUT2D eigenvalue weighted by Gasteiger charge is 2.09. The van der Waals surface area contributed by atoms with Gasteiger partial charge < -0.3 is 4.74 Å². The molecule has 4 heteroatoms. The van der Waals surface area contributed by atoms with Crippen molar-refractivity contribution in [3.8, 4) is 0 Å². The van der Waals surface area contributed by atoms with Gasteiger partial charge in [0.2, 0.25) is 0 Å². The molecule has 0 radical (unpaired) electrons. The summed E-state index contributed by atoms with van der Waals surface area (Å²) in [5, 5.41) is 0. The van der Waals surface area contributed by atoms with Gasteiger partial charge in [0.1, 0.15) is 0 Å². The second-order valence-corrected chi connectivity index (χ2v) is 7.24. The summed E-state index contributed by atoms with van der Waals surface area (Å²) in [6.45, 7) is 7.43. The molecule has 1 aromatic rings. The van der Waals surface area contributed by atoms with E-state index in [1.165, 1.54) is 23.4 Å². The van der Waals surface area contributed by atoms with Crippen LogP contribution in [-0.4, -0.2) is 43.5 Å². The molecule has 0 unspecified atom stereocenters. The minimum atomic E-state index is 0.904. The number of morpholine rings is 1. The Morgan fingerprint density at radius 3 is 2.58 bits per heavy atom. The molecule has 1 aliphatic heterocycles. The van der Waals surface area contributed by atoms with E-state index in [0.29, 0.717) is 0 Å². The maximum Gasteiger partial charge on any atom is 0.0594 e. The van der Waals surface area contributed by atoms with Crippen LogP contribution in [0.25, 0.3) is 0 Å². The van der Waals surface area contributed by atoms with Crippen LogP contribution in [0.3, 0.4) is 0 Å². The summed E-state index contributed by atoms with van der Waals surface area (Å²) in [5.41, 5.74) is 2.98. The van der Waals surface area contributed by atoms with E-state index < -0.39 is 0 Å². The molecule has 1 fully saturated rings. The van der Waals surface area contributed by atoms with E-state index >= 15 is 0 Å². The van der Waals surface area contributed by atoms with Crippen LogP contribution in [0.5, 0.6) is 0 Å². The minimum absolute atomic E-state index is 0.904. The maximum absolute atomic E-state index is 5.36. The highest BCUT2D eigenvalue weighted by atomic mass is 33.1. The Balaban J connectivity index is 1.61. The van der Waals surface area contributed by atoms with E-state index in [4.69, 9.17) is 4.74 Å². The Kier molecular flexibility index (Phi) is 7.14. The van der Waals surface area contributed by atoms with Gasteiger partial charge in [0.25, 0.3) is 0 Å². The van der Waals surface area contributed by atoms with Crippen LogP contribution < -0.4 is 0 Å². The van der Waals surface area contributed by atoms with Gasteiger partial charge in [0.15, 0.2) is 0 Å². The van der Waals surface area contributed by atoms with Gasteiger partial charge in [-0.2, -0.15) is 0 Å². The van der Waals surface area contributed by atoms with Gasteiger partial charge in [0, 0.05) is 31.1 Å². The average Bonchev–Trinajstić information content (AvgIpc) is 2.48. The van der Waals surface area contributed by atoms with E-state index in [1.807, 2.05) is 21.6 Å². The lowest BCUT2D eigenvalue weighted by Gasteiger charge is -2.26. The molecule has 2 nitrogen and oxygen atoms in total. The van der Waals surface area contributed by atoms with E-state index in [2.05, 4.69) is 36.1 Å². The fraction of sp³-hybridized carbons (Fsp3) is 0.600. The Morgan fingerprint density at radius 2 is 1.84 bits per heavy atom. The number of aryl methyl sites for hydroxylation is 1. The molecule has 0 spiro atoms. The van der Waals surface area contributed by atoms with Crippen LogP contribution in [0.2, 0.25) is 0 Å². The zero-order chi connectivity index (χ0) is 13.3. The predicted octanol–water partition coefficient (Wildman–Crippen LogP) is 3.46. The van der Waals surface area contributed by atoms with Crippen LogP contribution >= 0.6 is 21.6 Å². The van der Waals surface area contributed by atoms with Crippen molar-refractivity contribution in [3.63, 3.8) is 0 Å². The fourth-order valence-electron chi connectivity index (χ4n) is 2.20. The zero-order valence-corrected chi connectivity index (χ0v) is 13.3. The van der Waals surface area contributed by atoms with Gasteiger partial charge in [-0.15, -0.1) is 0 Å². The average molecular weight is 297 g/mol. The first kappa shape index (κ1) is 15.2. The van der Waals surface area contributed by atoms with Gasteiger partial charge in [-0.1, -0.05) is 52.8 Å². The number of ether oxygens (including phenoxy) is 1. The molecule has 0 saturated carbocycles. The largest absolute Gasteiger partial charge is 0.379 e. The molecule has 1 aliphatic rings. The van der Waals surface area contributed by atoms with Crippen molar-refractivity contribution in [2.24, 2.45) is 0 Å². The molecule has 0 aromatic heterocycles. The molecular weight excluding hydrogens is 274 g/mol. The first-order chi connectivity index (χ1) is 9.40. The lowest BCUT2D eigenvalue weighted by atomic mass is 10.1.